The summed E-state index contributed by atoms with van der Waals surface area (Å²) in [6, 6.07) is 0. The highest BCUT2D eigenvalue weighted by Crippen LogP contribution is 2.06. The lowest BCUT2D eigenvalue weighted by Gasteiger charge is -2.25. The standard InChI is InChI=1S/C11H18N4O/c1-8-9(7-14-15-8)3-2-4-13-11(16)10-5-12-6-10/h7,10,12H,2-6H2,1H3,(H,13,16)(H,14,15). The van der Waals surface area contributed by atoms with Crippen LogP contribution in [0.3, 0.4) is 0 Å². The van der Waals surface area contributed by atoms with Crippen LogP contribution in [0.4, 0.5) is 0 Å². The second-order valence-electron chi connectivity index (χ2n) is 4.27. The van der Waals surface area contributed by atoms with Crippen molar-refractivity contribution < 1.29 is 4.79 Å². The third kappa shape index (κ3) is 2.61. The number of carbonyl (C=O) groups excluding carboxylic acids is 1. The first-order valence-electron chi connectivity index (χ1n) is 5.74. The maximum atomic E-state index is 11.5. The molecule has 88 valence electrons. The number of hydrogen-bond acceptors (Lipinski definition) is 3. The van der Waals surface area contributed by atoms with Crippen molar-refractivity contribution in [2.75, 3.05) is 19.6 Å². The molecule has 5 nitrogen and oxygen atoms in total. The third-order valence-corrected chi connectivity index (χ3v) is 3.01. The highest BCUT2D eigenvalue weighted by atomic mass is 16.2. The molecule has 1 aliphatic heterocycles. The van der Waals surface area contributed by atoms with Crippen molar-refractivity contribution >= 4 is 5.91 Å². The van der Waals surface area contributed by atoms with Crippen molar-refractivity contribution in [3.63, 3.8) is 0 Å². The summed E-state index contributed by atoms with van der Waals surface area (Å²) in [5.41, 5.74) is 2.36. The van der Waals surface area contributed by atoms with Gasteiger partial charge in [-0.3, -0.25) is 9.89 Å². The molecule has 1 fully saturated rings. The van der Waals surface area contributed by atoms with Crippen LogP contribution in [0.5, 0.6) is 0 Å². The van der Waals surface area contributed by atoms with Crippen molar-refractivity contribution in [3.05, 3.63) is 17.5 Å². The van der Waals surface area contributed by atoms with Gasteiger partial charge in [-0.2, -0.15) is 5.10 Å². The summed E-state index contributed by atoms with van der Waals surface area (Å²) in [5, 5.41) is 12.9. The largest absolute Gasteiger partial charge is 0.356 e. The molecule has 1 aromatic rings. The van der Waals surface area contributed by atoms with Crippen LogP contribution < -0.4 is 10.6 Å². The molecule has 2 heterocycles. The predicted octanol–water partition coefficient (Wildman–Crippen LogP) is -0.0137. The average molecular weight is 222 g/mol. The topological polar surface area (TPSA) is 69.8 Å². The quantitative estimate of drug-likeness (QED) is 0.614. The number of aromatic amines is 1. The van der Waals surface area contributed by atoms with Gasteiger partial charge in [-0.25, -0.2) is 0 Å². The molecule has 1 aromatic heterocycles. The maximum absolute atomic E-state index is 11.5. The summed E-state index contributed by atoms with van der Waals surface area (Å²) in [6.45, 7) is 4.42. The van der Waals surface area contributed by atoms with Gasteiger partial charge in [-0.1, -0.05) is 0 Å². The van der Waals surface area contributed by atoms with Crippen LogP contribution in [-0.4, -0.2) is 35.7 Å². The zero-order valence-corrected chi connectivity index (χ0v) is 9.55. The Morgan fingerprint density at radius 2 is 2.44 bits per heavy atom. The number of rotatable bonds is 5. The molecule has 0 saturated carbocycles. The molecule has 0 bridgehead atoms. The van der Waals surface area contributed by atoms with Gasteiger partial charge in [0.1, 0.15) is 0 Å². The Hall–Kier alpha value is -1.36. The van der Waals surface area contributed by atoms with E-state index in [1.54, 1.807) is 0 Å². The molecule has 3 N–H and O–H groups in total. The molecule has 1 amide bonds. The molecular formula is C11H18N4O. The smallest absolute Gasteiger partial charge is 0.225 e. The molecule has 5 heteroatoms. The lowest BCUT2D eigenvalue weighted by atomic mass is 10.0. The molecule has 1 aliphatic rings. The Bertz CT molecular complexity index is 357. The summed E-state index contributed by atoms with van der Waals surface area (Å²) in [4.78, 5) is 11.5. The summed E-state index contributed by atoms with van der Waals surface area (Å²) in [5.74, 6) is 0.373. The molecule has 0 spiro atoms. The monoisotopic (exact) mass is 222 g/mol. The van der Waals surface area contributed by atoms with Crippen LogP contribution in [0.15, 0.2) is 6.20 Å². The second kappa shape index (κ2) is 5.12. The van der Waals surface area contributed by atoms with Gasteiger partial charge in [0.2, 0.25) is 5.91 Å². The summed E-state index contributed by atoms with van der Waals surface area (Å²) in [7, 11) is 0. The van der Waals surface area contributed by atoms with Gasteiger partial charge < -0.3 is 10.6 Å². The van der Waals surface area contributed by atoms with Crippen molar-refractivity contribution in [2.45, 2.75) is 19.8 Å². The minimum atomic E-state index is 0.183. The normalized spacial score (nSPS) is 15.8. The van der Waals surface area contributed by atoms with E-state index in [2.05, 4.69) is 20.8 Å². The van der Waals surface area contributed by atoms with E-state index in [4.69, 9.17) is 0 Å². The molecule has 2 rings (SSSR count). The van der Waals surface area contributed by atoms with Crippen molar-refractivity contribution in [3.8, 4) is 0 Å². The first-order valence-corrected chi connectivity index (χ1v) is 5.74. The van der Waals surface area contributed by atoms with Gasteiger partial charge in [0.05, 0.1) is 12.1 Å². The molecule has 0 unspecified atom stereocenters. The van der Waals surface area contributed by atoms with Crippen LogP contribution in [0, 0.1) is 12.8 Å². The lowest BCUT2D eigenvalue weighted by Crippen LogP contribution is -2.50. The number of aryl methyl sites for hydroxylation is 2. The van der Waals surface area contributed by atoms with Gasteiger partial charge in [0.25, 0.3) is 0 Å². The Labute approximate surface area is 95.0 Å². The van der Waals surface area contributed by atoms with E-state index >= 15 is 0 Å². The van der Waals surface area contributed by atoms with E-state index in [-0.39, 0.29) is 11.8 Å². The fraction of sp³-hybridized carbons (Fsp3) is 0.636. The number of nitrogens with one attached hydrogen (secondary N) is 3. The fourth-order valence-electron chi connectivity index (χ4n) is 1.74. The van der Waals surface area contributed by atoms with Crippen molar-refractivity contribution in [1.82, 2.24) is 20.8 Å². The van der Waals surface area contributed by atoms with Gasteiger partial charge in [-0.15, -0.1) is 0 Å². The Kier molecular flexibility index (Phi) is 3.56. The first kappa shape index (κ1) is 11.1. The van der Waals surface area contributed by atoms with Crippen LogP contribution in [0.2, 0.25) is 0 Å². The van der Waals surface area contributed by atoms with E-state index < -0.39 is 0 Å². The average Bonchev–Trinajstić information content (AvgIpc) is 2.56. The zero-order valence-electron chi connectivity index (χ0n) is 9.55. The van der Waals surface area contributed by atoms with E-state index in [0.29, 0.717) is 0 Å². The summed E-state index contributed by atoms with van der Waals surface area (Å²) < 4.78 is 0. The SMILES string of the molecule is Cc1[nH]ncc1CCCNC(=O)C1CNC1. The third-order valence-electron chi connectivity index (χ3n) is 3.01. The van der Waals surface area contributed by atoms with Gasteiger partial charge in [0.15, 0.2) is 0 Å². The second-order valence-corrected chi connectivity index (χ2v) is 4.27. The number of H-pyrrole nitrogens is 1. The van der Waals surface area contributed by atoms with Crippen LogP contribution in [0.1, 0.15) is 17.7 Å². The lowest BCUT2D eigenvalue weighted by molar-refractivity contribution is -0.126. The Balaban J connectivity index is 1.61. The number of hydrogen-bond donors (Lipinski definition) is 3. The maximum Gasteiger partial charge on any atom is 0.225 e. The molecule has 0 aromatic carbocycles. The molecule has 0 aliphatic carbocycles. The Morgan fingerprint density at radius 1 is 1.62 bits per heavy atom. The van der Waals surface area contributed by atoms with E-state index in [1.807, 2.05) is 13.1 Å². The molecular weight excluding hydrogens is 204 g/mol. The van der Waals surface area contributed by atoms with Crippen molar-refractivity contribution in [2.24, 2.45) is 5.92 Å². The van der Waals surface area contributed by atoms with Gasteiger partial charge in [-0.05, 0) is 25.3 Å². The molecule has 1 saturated heterocycles. The highest BCUT2D eigenvalue weighted by molar-refractivity contribution is 5.79. The first-order chi connectivity index (χ1) is 7.77. The number of carbonyl (C=O) groups is 1. The number of amides is 1. The number of aromatic nitrogens is 2. The zero-order chi connectivity index (χ0) is 11.4. The van der Waals surface area contributed by atoms with E-state index in [9.17, 15) is 4.79 Å². The minimum absolute atomic E-state index is 0.183. The minimum Gasteiger partial charge on any atom is -0.356 e. The molecule has 16 heavy (non-hydrogen) atoms. The predicted molar refractivity (Wildman–Crippen MR) is 61.0 cm³/mol. The summed E-state index contributed by atoms with van der Waals surface area (Å²) >= 11 is 0. The highest BCUT2D eigenvalue weighted by Gasteiger charge is 2.23. The van der Waals surface area contributed by atoms with Crippen LogP contribution in [-0.2, 0) is 11.2 Å². The van der Waals surface area contributed by atoms with Crippen LogP contribution >= 0.6 is 0 Å². The van der Waals surface area contributed by atoms with E-state index in [1.165, 1.54) is 5.56 Å². The molecule has 0 atom stereocenters. The summed E-state index contributed by atoms with van der Waals surface area (Å²) in [6.07, 6.45) is 3.78. The van der Waals surface area contributed by atoms with Gasteiger partial charge in [0, 0.05) is 25.3 Å². The van der Waals surface area contributed by atoms with E-state index in [0.717, 1.165) is 38.2 Å². The van der Waals surface area contributed by atoms with Gasteiger partial charge >= 0.3 is 0 Å². The fourth-order valence-corrected chi connectivity index (χ4v) is 1.74. The Morgan fingerprint density at radius 3 is 3.00 bits per heavy atom. The molecule has 0 radical (unpaired) electrons. The van der Waals surface area contributed by atoms with Crippen LogP contribution in [0.25, 0.3) is 0 Å². The number of nitrogens with zero attached hydrogens (tertiary/aromatic N) is 1. The van der Waals surface area contributed by atoms with Crippen molar-refractivity contribution in [1.29, 1.82) is 0 Å².